The Kier molecular flexibility index (Phi) is 8.67. The Balaban J connectivity index is 1.75. The van der Waals surface area contributed by atoms with Crippen molar-refractivity contribution in [1.82, 2.24) is 0 Å². The summed E-state index contributed by atoms with van der Waals surface area (Å²) in [5.74, 6) is -3.38. The number of nitrogens with one attached hydrogen (secondary N) is 2. The number of para-hydroxylation sites is 1. The van der Waals surface area contributed by atoms with Crippen molar-refractivity contribution >= 4 is 87.3 Å². The Morgan fingerprint density at radius 3 is 2.15 bits per heavy atom. The number of rotatable bonds is 7. The molecule has 34 heavy (non-hydrogen) atoms. The van der Waals surface area contributed by atoms with Gasteiger partial charge in [-0.1, -0.05) is 64.6 Å². The third kappa shape index (κ3) is 5.95. The van der Waals surface area contributed by atoms with Crippen molar-refractivity contribution in [2.45, 2.75) is 4.90 Å². The van der Waals surface area contributed by atoms with Gasteiger partial charge in [-0.3, -0.25) is 9.59 Å². The summed E-state index contributed by atoms with van der Waals surface area (Å²) in [6.45, 7) is 0. The van der Waals surface area contributed by atoms with Gasteiger partial charge in [0.2, 0.25) is 5.91 Å². The van der Waals surface area contributed by atoms with Crippen LogP contribution in [-0.2, 0) is 4.79 Å². The van der Waals surface area contributed by atoms with Crippen molar-refractivity contribution in [2.24, 2.45) is 0 Å². The van der Waals surface area contributed by atoms with Crippen LogP contribution in [0.4, 0.5) is 15.8 Å². The number of benzene rings is 3. The minimum absolute atomic E-state index is 0.0247. The molecule has 6 nitrogen and oxygen atoms in total. The van der Waals surface area contributed by atoms with E-state index in [9.17, 15) is 23.9 Å². The number of carbonyl (C=O) groups excluding carboxylic acids is 2. The minimum atomic E-state index is -1.51. The molecule has 3 aromatic rings. The van der Waals surface area contributed by atoms with Gasteiger partial charge in [0.25, 0.3) is 5.91 Å². The SMILES string of the molecule is O=C(CSc1cccc(NC(=O)c2c(Cl)c(Cl)c(Cl)c(Cl)c2C(=O)O)c1)Nc1ccccc1F. The molecule has 0 atom stereocenters. The average molecular weight is 562 g/mol. The molecule has 0 aliphatic carbocycles. The summed E-state index contributed by atoms with van der Waals surface area (Å²) in [4.78, 5) is 37.3. The highest BCUT2D eigenvalue weighted by Crippen LogP contribution is 2.41. The summed E-state index contributed by atoms with van der Waals surface area (Å²) in [6, 6.07) is 12.2. The van der Waals surface area contributed by atoms with Gasteiger partial charge < -0.3 is 15.7 Å². The number of amides is 2. The average Bonchev–Trinajstić information content (AvgIpc) is 2.80. The topological polar surface area (TPSA) is 95.5 Å². The van der Waals surface area contributed by atoms with Gasteiger partial charge in [0, 0.05) is 10.6 Å². The monoisotopic (exact) mass is 560 g/mol. The van der Waals surface area contributed by atoms with Crippen LogP contribution in [0.2, 0.25) is 20.1 Å². The molecule has 0 bridgehead atoms. The van der Waals surface area contributed by atoms with E-state index in [4.69, 9.17) is 46.4 Å². The number of carbonyl (C=O) groups is 3. The molecule has 0 unspecified atom stereocenters. The molecule has 0 aliphatic rings. The maximum atomic E-state index is 13.7. The Morgan fingerprint density at radius 1 is 0.853 bits per heavy atom. The van der Waals surface area contributed by atoms with Gasteiger partial charge in [0.1, 0.15) is 5.82 Å². The molecule has 3 N–H and O–H groups in total. The first-order chi connectivity index (χ1) is 16.1. The fourth-order valence-electron chi connectivity index (χ4n) is 2.80. The number of carboxylic acids is 1. The number of hydrogen-bond donors (Lipinski definition) is 3. The zero-order chi connectivity index (χ0) is 25.0. The van der Waals surface area contributed by atoms with Crippen LogP contribution < -0.4 is 10.6 Å². The number of hydrogen-bond acceptors (Lipinski definition) is 4. The van der Waals surface area contributed by atoms with E-state index in [-0.39, 0.29) is 26.5 Å². The fourth-order valence-corrected chi connectivity index (χ4v) is 4.58. The highest BCUT2D eigenvalue weighted by atomic mass is 35.5. The van der Waals surface area contributed by atoms with Gasteiger partial charge in [-0.25, -0.2) is 9.18 Å². The molecule has 2 amide bonds. The molecule has 0 radical (unpaired) electrons. The van der Waals surface area contributed by atoms with Crippen LogP contribution in [0.3, 0.4) is 0 Å². The highest BCUT2D eigenvalue weighted by Gasteiger charge is 2.29. The third-order valence-electron chi connectivity index (χ3n) is 4.32. The van der Waals surface area contributed by atoms with E-state index in [0.29, 0.717) is 10.6 Å². The lowest BCUT2D eigenvalue weighted by molar-refractivity contribution is -0.113. The third-order valence-corrected chi connectivity index (χ3v) is 7.11. The van der Waals surface area contributed by atoms with Crippen LogP contribution in [0.5, 0.6) is 0 Å². The first-order valence-electron chi connectivity index (χ1n) is 9.28. The second-order valence-electron chi connectivity index (χ2n) is 6.61. The van der Waals surface area contributed by atoms with Gasteiger partial charge in [-0.05, 0) is 30.3 Å². The van der Waals surface area contributed by atoms with Crippen molar-refractivity contribution in [2.75, 3.05) is 16.4 Å². The zero-order valence-electron chi connectivity index (χ0n) is 16.8. The number of halogens is 5. The highest BCUT2D eigenvalue weighted by molar-refractivity contribution is 8.00. The van der Waals surface area contributed by atoms with Crippen LogP contribution in [-0.4, -0.2) is 28.6 Å². The van der Waals surface area contributed by atoms with E-state index in [1.165, 1.54) is 18.2 Å². The number of aromatic carboxylic acids is 1. The molecule has 12 heteroatoms. The van der Waals surface area contributed by atoms with Crippen LogP contribution in [0.15, 0.2) is 53.4 Å². The standard InChI is InChI=1S/C22H13Cl4FN2O4S/c23-17-15(16(22(32)33)18(24)20(26)19(17)25)21(31)28-10-4-3-5-11(8-10)34-9-14(30)29-13-7-2-1-6-12(13)27/h1-8H,9H2,(H,28,31)(H,29,30)(H,32,33). The summed E-state index contributed by atoms with van der Waals surface area (Å²) in [7, 11) is 0. The molecule has 3 rings (SSSR count). The Labute approximate surface area is 217 Å². The molecule has 0 aliphatic heterocycles. The van der Waals surface area contributed by atoms with E-state index in [1.807, 2.05) is 0 Å². The van der Waals surface area contributed by atoms with Crippen LogP contribution in [0, 0.1) is 5.82 Å². The van der Waals surface area contributed by atoms with Crippen molar-refractivity contribution < 1.29 is 23.9 Å². The number of anilines is 2. The summed E-state index contributed by atoms with van der Waals surface area (Å²) < 4.78 is 13.7. The van der Waals surface area contributed by atoms with E-state index < -0.39 is 39.8 Å². The molecule has 0 spiro atoms. The zero-order valence-corrected chi connectivity index (χ0v) is 20.6. The second kappa shape index (κ2) is 11.3. The predicted octanol–water partition coefficient (Wildman–Crippen LogP) is 7.12. The van der Waals surface area contributed by atoms with Crippen molar-refractivity contribution in [3.63, 3.8) is 0 Å². The first kappa shape index (κ1) is 26.1. The van der Waals surface area contributed by atoms with Crippen molar-refractivity contribution in [1.29, 1.82) is 0 Å². The summed E-state index contributed by atoms with van der Waals surface area (Å²) in [5, 5.41) is 13.2. The fraction of sp³-hybridized carbons (Fsp3) is 0.0455. The second-order valence-corrected chi connectivity index (χ2v) is 9.17. The maximum Gasteiger partial charge on any atom is 0.338 e. The van der Waals surface area contributed by atoms with E-state index >= 15 is 0 Å². The van der Waals surface area contributed by atoms with E-state index in [1.54, 1.807) is 30.3 Å². The Morgan fingerprint density at radius 2 is 1.50 bits per heavy atom. The van der Waals surface area contributed by atoms with Crippen molar-refractivity contribution in [3.8, 4) is 0 Å². The van der Waals surface area contributed by atoms with E-state index in [0.717, 1.165) is 11.8 Å². The van der Waals surface area contributed by atoms with Gasteiger partial charge in [-0.15, -0.1) is 11.8 Å². The summed E-state index contributed by atoms with van der Waals surface area (Å²) in [5.41, 5.74) is -0.676. The van der Waals surface area contributed by atoms with Gasteiger partial charge >= 0.3 is 5.97 Å². The lowest BCUT2D eigenvalue weighted by Gasteiger charge is -2.14. The quantitative estimate of drug-likeness (QED) is 0.162. The van der Waals surface area contributed by atoms with Gasteiger partial charge in [-0.2, -0.15) is 0 Å². The van der Waals surface area contributed by atoms with Gasteiger partial charge in [0.05, 0.1) is 42.7 Å². The Hall–Kier alpha value is -2.49. The largest absolute Gasteiger partial charge is 0.478 e. The summed E-state index contributed by atoms with van der Waals surface area (Å²) in [6.07, 6.45) is 0. The maximum absolute atomic E-state index is 13.7. The first-order valence-corrected chi connectivity index (χ1v) is 11.8. The Bertz CT molecular complexity index is 1310. The smallest absolute Gasteiger partial charge is 0.338 e. The van der Waals surface area contributed by atoms with Crippen LogP contribution >= 0.6 is 58.2 Å². The van der Waals surface area contributed by atoms with Gasteiger partial charge in [0.15, 0.2) is 0 Å². The number of thioether (sulfide) groups is 1. The molecular formula is C22H13Cl4FN2O4S. The molecule has 0 saturated carbocycles. The normalized spacial score (nSPS) is 10.6. The number of carboxylic acid groups (broad SMARTS) is 1. The molecular weight excluding hydrogens is 549 g/mol. The lowest BCUT2D eigenvalue weighted by atomic mass is 10.1. The van der Waals surface area contributed by atoms with Crippen molar-refractivity contribution in [3.05, 3.63) is 85.6 Å². The molecule has 0 heterocycles. The molecule has 0 fully saturated rings. The molecule has 0 aromatic heterocycles. The summed E-state index contributed by atoms with van der Waals surface area (Å²) >= 11 is 25.1. The van der Waals surface area contributed by atoms with Crippen LogP contribution in [0.1, 0.15) is 20.7 Å². The molecule has 3 aromatic carbocycles. The van der Waals surface area contributed by atoms with E-state index in [2.05, 4.69) is 10.6 Å². The molecule has 0 saturated heterocycles. The minimum Gasteiger partial charge on any atom is -0.478 e. The predicted molar refractivity (Wildman–Crippen MR) is 134 cm³/mol. The van der Waals surface area contributed by atoms with Crippen LogP contribution in [0.25, 0.3) is 0 Å². The lowest BCUT2D eigenvalue weighted by Crippen LogP contribution is -2.18. The molecule has 176 valence electrons.